The Morgan fingerprint density at radius 2 is 2.00 bits per heavy atom. The summed E-state index contributed by atoms with van der Waals surface area (Å²) in [7, 11) is -1.08. The number of rotatable bonds is 4. The van der Waals surface area contributed by atoms with E-state index in [1.165, 1.54) is 6.42 Å². The highest BCUT2D eigenvalue weighted by Gasteiger charge is 2.41. The molecule has 7 heteroatoms. The van der Waals surface area contributed by atoms with E-state index in [0.29, 0.717) is 0 Å². The molecular formula is C13H25N3O3S. The minimum Gasteiger partial charge on any atom is -0.342 e. The molecule has 0 aromatic carbocycles. The average Bonchev–Trinajstić information content (AvgIpc) is 2.68. The van der Waals surface area contributed by atoms with Gasteiger partial charge < -0.3 is 9.80 Å². The summed E-state index contributed by atoms with van der Waals surface area (Å²) in [6, 6.07) is 0. The van der Waals surface area contributed by atoms with E-state index >= 15 is 0 Å². The van der Waals surface area contributed by atoms with E-state index in [1.807, 2.05) is 4.90 Å². The van der Waals surface area contributed by atoms with Gasteiger partial charge in [-0.2, -0.15) is 0 Å². The first-order valence-electron chi connectivity index (χ1n) is 7.21. The van der Waals surface area contributed by atoms with Crippen molar-refractivity contribution in [1.29, 1.82) is 0 Å². The maximum Gasteiger partial charge on any atom is 0.223 e. The molecule has 1 atom stereocenters. The molecular weight excluding hydrogens is 278 g/mol. The lowest BCUT2D eigenvalue weighted by molar-refractivity contribution is -0.134. The second-order valence-electron chi connectivity index (χ2n) is 6.32. The molecule has 20 heavy (non-hydrogen) atoms. The molecule has 0 bridgehead atoms. The number of nitrogens with one attached hydrogen (secondary N) is 1. The van der Waals surface area contributed by atoms with Gasteiger partial charge in [0.1, 0.15) is 0 Å². The number of piperidine rings is 1. The number of amides is 1. The summed E-state index contributed by atoms with van der Waals surface area (Å²) in [6.07, 6.45) is 4.78. The largest absolute Gasteiger partial charge is 0.342 e. The summed E-state index contributed by atoms with van der Waals surface area (Å²) in [4.78, 5) is 16.4. The fraction of sp³-hybridized carbons (Fsp3) is 0.923. The van der Waals surface area contributed by atoms with E-state index in [2.05, 4.69) is 16.7 Å². The van der Waals surface area contributed by atoms with E-state index in [4.69, 9.17) is 0 Å². The van der Waals surface area contributed by atoms with Gasteiger partial charge in [-0.3, -0.25) is 4.79 Å². The van der Waals surface area contributed by atoms with Crippen LogP contribution < -0.4 is 4.72 Å². The first kappa shape index (κ1) is 15.7. The Kier molecular flexibility index (Phi) is 4.71. The van der Waals surface area contributed by atoms with E-state index in [1.54, 1.807) is 0 Å². The highest BCUT2D eigenvalue weighted by Crippen LogP contribution is 2.38. The summed E-state index contributed by atoms with van der Waals surface area (Å²) in [5, 5.41) is 0. The van der Waals surface area contributed by atoms with Gasteiger partial charge >= 0.3 is 0 Å². The van der Waals surface area contributed by atoms with Gasteiger partial charge in [0.2, 0.25) is 15.9 Å². The lowest BCUT2D eigenvalue weighted by Gasteiger charge is -2.40. The molecule has 2 rings (SSSR count). The molecule has 1 unspecified atom stereocenters. The van der Waals surface area contributed by atoms with Gasteiger partial charge in [-0.15, -0.1) is 0 Å². The van der Waals surface area contributed by atoms with Crippen LogP contribution >= 0.6 is 0 Å². The number of carbonyl (C=O) groups is 1. The van der Waals surface area contributed by atoms with Crippen molar-refractivity contribution in [2.75, 3.05) is 46.0 Å². The molecule has 2 heterocycles. The molecule has 1 amide bonds. The molecule has 1 spiro atoms. The van der Waals surface area contributed by atoms with Gasteiger partial charge in [-0.05, 0) is 32.9 Å². The summed E-state index contributed by atoms with van der Waals surface area (Å²) in [5.74, 6) is 0.0646. The van der Waals surface area contributed by atoms with Crippen molar-refractivity contribution in [3.8, 4) is 0 Å². The monoisotopic (exact) mass is 303 g/mol. The van der Waals surface area contributed by atoms with Gasteiger partial charge in [0.25, 0.3) is 0 Å². The maximum absolute atomic E-state index is 12.2. The second-order valence-corrected chi connectivity index (χ2v) is 8.16. The standard InChI is InChI=1S/C13H25N3O3S/c1-15-9-6-13(10-15)5-3-8-16(11-13)12(17)4-7-14-20(2,18)19/h14H,3-11H2,1-2H3. The Morgan fingerprint density at radius 3 is 2.60 bits per heavy atom. The van der Waals surface area contributed by atoms with Crippen molar-refractivity contribution in [2.45, 2.75) is 25.7 Å². The third-order valence-electron chi connectivity index (χ3n) is 4.35. The molecule has 0 aromatic heterocycles. The van der Waals surface area contributed by atoms with Crippen LogP contribution in [-0.4, -0.2) is 70.2 Å². The molecule has 1 N–H and O–H groups in total. The average molecular weight is 303 g/mol. The number of hydrogen-bond acceptors (Lipinski definition) is 4. The number of sulfonamides is 1. The van der Waals surface area contributed by atoms with E-state index < -0.39 is 10.0 Å². The minimum atomic E-state index is -3.21. The van der Waals surface area contributed by atoms with Gasteiger partial charge in [-0.1, -0.05) is 0 Å². The molecule has 0 radical (unpaired) electrons. The fourth-order valence-corrected chi connectivity index (χ4v) is 3.89. The maximum atomic E-state index is 12.2. The zero-order valence-electron chi connectivity index (χ0n) is 12.4. The zero-order valence-corrected chi connectivity index (χ0v) is 13.2. The molecule has 6 nitrogen and oxygen atoms in total. The van der Waals surface area contributed by atoms with Crippen LogP contribution in [-0.2, 0) is 14.8 Å². The Bertz CT molecular complexity index is 461. The first-order valence-corrected chi connectivity index (χ1v) is 9.10. The SMILES string of the molecule is CN1CCC2(CCCN(C(=O)CCNS(C)(=O)=O)C2)C1. The van der Waals surface area contributed by atoms with Gasteiger partial charge in [-0.25, -0.2) is 13.1 Å². The zero-order chi connectivity index (χ0) is 14.8. The Labute approximate surface area is 121 Å². The Hall–Kier alpha value is -0.660. The quantitative estimate of drug-likeness (QED) is 0.785. The first-order chi connectivity index (χ1) is 9.30. The molecule has 0 saturated carbocycles. The summed E-state index contributed by atoms with van der Waals surface area (Å²) in [5.41, 5.74) is 0.271. The molecule has 0 aromatic rings. The summed E-state index contributed by atoms with van der Waals surface area (Å²) < 4.78 is 24.4. The van der Waals surface area contributed by atoms with Gasteiger partial charge in [0.15, 0.2) is 0 Å². The smallest absolute Gasteiger partial charge is 0.223 e. The van der Waals surface area contributed by atoms with E-state index in [9.17, 15) is 13.2 Å². The lowest BCUT2D eigenvalue weighted by atomic mass is 9.79. The van der Waals surface area contributed by atoms with Gasteiger partial charge in [0.05, 0.1) is 6.26 Å². The van der Waals surface area contributed by atoms with Crippen LogP contribution in [0.2, 0.25) is 0 Å². The fourth-order valence-electron chi connectivity index (χ4n) is 3.41. The Morgan fingerprint density at radius 1 is 1.25 bits per heavy atom. The summed E-state index contributed by atoms with van der Waals surface area (Å²) >= 11 is 0. The third kappa shape index (κ3) is 4.17. The highest BCUT2D eigenvalue weighted by molar-refractivity contribution is 7.88. The van der Waals surface area contributed by atoms with Crippen molar-refractivity contribution in [2.24, 2.45) is 5.41 Å². The number of likely N-dealkylation sites (tertiary alicyclic amines) is 2. The molecule has 2 aliphatic heterocycles. The second kappa shape index (κ2) is 5.99. The van der Waals surface area contributed by atoms with Crippen molar-refractivity contribution in [3.05, 3.63) is 0 Å². The van der Waals surface area contributed by atoms with Crippen molar-refractivity contribution in [3.63, 3.8) is 0 Å². The molecule has 2 aliphatic rings. The molecule has 2 saturated heterocycles. The number of nitrogens with zero attached hydrogens (tertiary/aromatic N) is 2. The number of hydrogen-bond donors (Lipinski definition) is 1. The number of carbonyl (C=O) groups excluding carboxylic acids is 1. The predicted octanol–water partition coefficient (Wildman–Crippen LogP) is -0.130. The molecule has 116 valence electrons. The topological polar surface area (TPSA) is 69.7 Å². The van der Waals surface area contributed by atoms with Crippen LogP contribution in [0.3, 0.4) is 0 Å². The van der Waals surface area contributed by atoms with Crippen LogP contribution in [0.5, 0.6) is 0 Å². The third-order valence-corrected chi connectivity index (χ3v) is 5.07. The summed E-state index contributed by atoms with van der Waals surface area (Å²) in [6.45, 7) is 4.01. The normalized spacial score (nSPS) is 28.2. The van der Waals surface area contributed by atoms with Crippen molar-refractivity contribution in [1.82, 2.24) is 14.5 Å². The highest BCUT2D eigenvalue weighted by atomic mass is 32.2. The molecule has 2 fully saturated rings. The van der Waals surface area contributed by atoms with Crippen LogP contribution in [0, 0.1) is 5.41 Å². The van der Waals surface area contributed by atoms with Crippen molar-refractivity contribution >= 4 is 15.9 Å². The van der Waals surface area contributed by atoms with E-state index in [-0.39, 0.29) is 24.3 Å². The van der Waals surface area contributed by atoms with Crippen LogP contribution in [0.25, 0.3) is 0 Å². The van der Waals surface area contributed by atoms with Crippen molar-refractivity contribution < 1.29 is 13.2 Å². The molecule has 0 aliphatic carbocycles. The lowest BCUT2D eigenvalue weighted by Crippen LogP contribution is -2.47. The predicted molar refractivity (Wildman–Crippen MR) is 77.8 cm³/mol. The van der Waals surface area contributed by atoms with E-state index in [0.717, 1.165) is 45.3 Å². The van der Waals surface area contributed by atoms with Crippen LogP contribution in [0.4, 0.5) is 0 Å². The van der Waals surface area contributed by atoms with Gasteiger partial charge in [0, 0.05) is 38.0 Å². The van der Waals surface area contributed by atoms with Crippen LogP contribution in [0.1, 0.15) is 25.7 Å². The Balaban J connectivity index is 1.84. The minimum absolute atomic E-state index is 0.0646. The van der Waals surface area contributed by atoms with Crippen LogP contribution in [0.15, 0.2) is 0 Å².